The molecule has 2 amide bonds. The van der Waals surface area contributed by atoms with E-state index >= 15 is 0 Å². The van der Waals surface area contributed by atoms with Gasteiger partial charge in [0.05, 0.1) is 0 Å². The maximum absolute atomic E-state index is 11.7. The van der Waals surface area contributed by atoms with Gasteiger partial charge in [-0.3, -0.25) is 9.59 Å². The number of carbonyl (C=O) groups excluding carboxylic acids is 2. The minimum absolute atomic E-state index is 0.101. The minimum atomic E-state index is -0.470. The number of hydrogen-bond acceptors (Lipinski definition) is 2. The van der Waals surface area contributed by atoms with Gasteiger partial charge < -0.3 is 10.6 Å². The SMILES string of the molecule is CCCCCCNC(=O)C(C)NC(=O)C(C)(C)C. The third-order valence-electron chi connectivity index (χ3n) is 2.75. The number of nitrogens with one attached hydrogen (secondary N) is 2. The Hall–Kier alpha value is -1.06. The van der Waals surface area contributed by atoms with E-state index in [1.54, 1.807) is 6.92 Å². The zero-order chi connectivity index (χ0) is 14.2. The lowest BCUT2D eigenvalue weighted by molar-refractivity contribution is -0.133. The van der Waals surface area contributed by atoms with Crippen molar-refractivity contribution in [1.29, 1.82) is 0 Å². The van der Waals surface area contributed by atoms with Crippen molar-refractivity contribution in [3.63, 3.8) is 0 Å². The van der Waals surface area contributed by atoms with Gasteiger partial charge in [-0.2, -0.15) is 0 Å². The van der Waals surface area contributed by atoms with Crippen molar-refractivity contribution in [2.24, 2.45) is 5.41 Å². The van der Waals surface area contributed by atoms with E-state index in [1.807, 2.05) is 20.8 Å². The van der Waals surface area contributed by atoms with E-state index in [0.717, 1.165) is 12.8 Å². The molecule has 0 bridgehead atoms. The van der Waals surface area contributed by atoms with Crippen LogP contribution in [0.5, 0.6) is 0 Å². The average molecular weight is 256 g/mol. The minimum Gasteiger partial charge on any atom is -0.354 e. The van der Waals surface area contributed by atoms with Crippen molar-refractivity contribution < 1.29 is 9.59 Å². The molecule has 0 aromatic heterocycles. The average Bonchev–Trinajstić information content (AvgIpc) is 2.27. The molecule has 0 rings (SSSR count). The smallest absolute Gasteiger partial charge is 0.242 e. The van der Waals surface area contributed by atoms with Crippen molar-refractivity contribution in [3.05, 3.63) is 0 Å². The molecule has 4 heteroatoms. The van der Waals surface area contributed by atoms with Gasteiger partial charge in [-0.1, -0.05) is 47.0 Å². The van der Waals surface area contributed by atoms with Crippen molar-refractivity contribution in [3.8, 4) is 0 Å². The second kappa shape index (κ2) is 8.11. The maximum Gasteiger partial charge on any atom is 0.242 e. The van der Waals surface area contributed by atoms with Crippen molar-refractivity contribution >= 4 is 11.8 Å². The normalized spacial score (nSPS) is 12.9. The lowest BCUT2D eigenvalue weighted by atomic mass is 9.95. The van der Waals surface area contributed by atoms with Gasteiger partial charge in [-0.15, -0.1) is 0 Å². The number of hydrogen-bond donors (Lipinski definition) is 2. The first-order valence-electron chi connectivity index (χ1n) is 6.87. The van der Waals surface area contributed by atoms with Crippen LogP contribution in [0.3, 0.4) is 0 Å². The van der Waals surface area contributed by atoms with Crippen LogP contribution in [0.25, 0.3) is 0 Å². The highest BCUT2D eigenvalue weighted by molar-refractivity contribution is 5.89. The van der Waals surface area contributed by atoms with Crippen LogP contribution >= 0.6 is 0 Å². The molecule has 0 aromatic rings. The predicted octanol–water partition coefficient (Wildman–Crippen LogP) is 2.23. The van der Waals surface area contributed by atoms with Gasteiger partial charge in [0.15, 0.2) is 0 Å². The van der Waals surface area contributed by atoms with Crippen LogP contribution in [0.4, 0.5) is 0 Å². The summed E-state index contributed by atoms with van der Waals surface area (Å²) in [6.45, 7) is 10.1. The Bertz CT molecular complexity index is 269. The number of carbonyl (C=O) groups is 2. The van der Waals surface area contributed by atoms with E-state index in [1.165, 1.54) is 12.8 Å². The zero-order valence-corrected chi connectivity index (χ0v) is 12.4. The number of amides is 2. The molecular formula is C14H28N2O2. The first kappa shape index (κ1) is 16.9. The summed E-state index contributed by atoms with van der Waals surface area (Å²) in [5.74, 6) is -0.208. The Balaban J connectivity index is 3.87. The summed E-state index contributed by atoms with van der Waals surface area (Å²) in [6, 6.07) is -0.470. The molecule has 106 valence electrons. The quantitative estimate of drug-likeness (QED) is 0.686. The zero-order valence-electron chi connectivity index (χ0n) is 12.4. The van der Waals surface area contributed by atoms with E-state index in [4.69, 9.17) is 0 Å². The topological polar surface area (TPSA) is 58.2 Å². The molecule has 1 unspecified atom stereocenters. The third kappa shape index (κ3) is 7.30. The molecular weight excluding hydrogens is 228 g/mol. The molecule has 0 spiro atoms. The molecule has 1 atom stereocenters. The molecule has 0 aliphatic carbocycles. The van der Waals surface area contributed by atoms with Crippen molar-refractivity contribution in [2.75, 3.05) is 6.54 Å². The van der Waals surface area contributed by atoms with Gasteiger partial charge in [0.2, 0.25) is 11.8 Å². The standard InChI is InChI=1S/C14H28N2O2/c1-6-7-8-9-10-15-12(17)11(2)16-13(18)14(3,4)5/h11H,6-10H2,1-5H3,(H,15,17)(H,16,18). The molecule has 0 aliphatic rings. The van der Waals surface area contributed by atoms with Crippen LogP contribution in [0.2, 0.25) is 0 Å². The lowest BCUT2D eigenvalue weighted by Crippen LogP contribution is -2.48. The van der Waals surface area contributed by atoms with Crippen LogP contribution in [-0.4, -0.2) is 24.4 Å². The summed E-state index contributed by atoms with van der Waals surface area (Å²) in [5, 5.41) is 5.57. The number of rotatable bonds is 7. The van der Waals surface area contributed by atoms with E-state index in [-0.39, 0.29) is 11.8 Å². The maximum atomic E-state index is 11.7. The summed E-state index contributed by atoms with van der Waals surface area (Å²) in [5.41, 5.74) is -0.463. The summed E-state index contributed by atoms with van der Waals surface area (Å²) >= 11 is 0. The molecule has 4 nitrogen and oxygen atoms in total. The van der Waals surface area contributed by atoms with Crippen molar-refractivity contribution in [1.82, 2.24) is 10.6 Å². The van der Waals surface area contributed by atoms with E-state index < -0.39 is 11.5 Å². The monoisotopic (exact) mass is 256 g/mol. The van der Waals surface area contributed by atoms with Gasteiger partial charge in [-0.25, -0.2) is 0 Å². The second-order valence-electron chi connectivity index (χ2n) is 5.80. The third-order valence-corrected chi connectivity index (χ3v) is 2.75. The Morgan fingerprint density at radius 3 is 2.22 bits per heavy atom. The first-order chi connectivity index (χ1) is 8.29. The fourth-order valence-corrected chi connectivity index (χ4v) is 1.40. The van der Waals surface area contributed by atoms with Crippen molar-refractivity contribution in [2.45, 2.75) is 66.3 Å². The van der Waals surface area contributed by atoms with Crippen LogP contribution in [0, 0.1) is 5.41 Å². The lowest BCUT2D eigenvalue weighted by Gasteiger charge is -2.21. The largest absolute Gasteiger partial charge is 0.354 e. The van der Waals surface area contributed by atoms with E-state index in [9.17, 15) is 9.59 Å². The molecule has 0 heterocycles. The highest BCUT2D eigenvalue weighted by Gasteiger charge is 2.24. The van der Waals surface area contributed by atoms with Crippen LogP contribution < -0.4 is 10.6 Å². The van der Waals surface area contributed by atoms with Gasteiger partial charge in [0.1, 0.15) is 6.04 Å². The molecule has 0 radical (unpaired) electrons. The molecule has 0 aliphatic heterocycles. The van der Waals surface area contributed by atoms with Crippen LogP contribution in [0.15, 0.2) is 0 Å². The molecule has 18 heavy (non-hydrogen) atoms. The van der Waals surface area contributed by atoms with Gasteiger partial charge in [0.25, 0.3) is 0 Å². The Morgan fingerprint density at radius 1 is 1.11 bits per heavy atom. The summed E-state index contributed by atoms with van der Waals surface area (Å²) in [4.78, 5) is 23.4. The Kier molecular flexibility index (Phi) is 7.64. The summed E-state index contributed by atoms with van der Waals surface area (Å²) in [6.07, 6.45) is 4.53. The molecule has 0 saturated carbocycles. The predicted molar refractivity (Wildman–Crippen MR) is 74.2 cm³/mol. The summed E-state index contributed by atoms with van der Waals surface area (Å²) < 4.78 is 0. The van der Waals surface area contributed by atoms with E-state index in [0.29, 0.717) is 6.54 Å². The summed E-state index contributed by atoms with van der Waals surface area (Å²) in [7, 11) is 0. The van der Waals surface area contributed by atoms with Gasteiger partial charge >= 0.3 is 0 Å². The second-order valence-corrected chi connectivity index (χ2v) is 5.80. The molecule has 2 N–H and O–H groups in total. The van der Waals surface area contributed by atoms with Gasteiger partial charge in [-0.05, 0) is 13.3 Å². The Morgan fingerprint density at radius 2 is 1.72 bits per heavy atom. The highest BCUT2D eigenvalue weighted by Crippen LogP contribution is 2.12. The fraction of sp³-hybridized carbons (Fsp3) is 0.857. The first-order valence-corrected chi connectivity index (χ1v) is 6.87. The molecule has 0 aromatic carbocycles. The Labute approximate surface area is 111 Å². The molecule has 0 fully saturated rings. The van der Waals surface area contributed by atoms with E-state index in [2.05, 4.69) is 17.6 Å². The highest BCUT2D eigenvalue weighted by atomic mass is 16.2. The van der Waals surface area contributed by atoms with Gasteiger partial charge in [0, 0.05) is 12.0 Å². The fourth-order valence-electron chi connectivity index (χ4n) is 1.40. The van der Waals surface area contributed by atoms with Crippen LogP contribution in [0.1, 0.15) is 60.3 Å². The molecule has 0 saturated heterocycles. The number of unbranched alkanes of at least 4 members (excludes halogenated alkanes) is 3. The van der Waals surface area contributed by atoms with Crippen LogP contribution in [-0.2, 0) is 9.59 Å².